The van der Waals surface area contributed by atoms with Gasteiger partial charge in [0.25, 0.3) is 11.5 Å². The summed E-state index contributed by atoms with van der Waals surface area (Å²) >= 11 is 0. The molecule has 0 radical (unpaired) electrons. The summed E-state index contributed by atoms with van der Waals surface area (Å²) in [4.78, 5) is 42.0. The third-order valence-electron chi connectivity index (χ3n) is 7.03. The lowest BCUT2D eigenvalue weighted by Crippen LogP contribution is -2.25. The number of carbonyl (C=O) groups is 1. The molecule has 0 spiro atoms. The van der Waals surface area contributed by atoms with Gasteiger partial charge in [-0.25, -0.2) is 19.6 Å². The fourth-order valence-corrected chi connectivity index (χ4v) is 4.66. The van der Waals surface area contributed by atoms with Crippen molar-refractivity contribution in [1.29, 1.82) is 0 Å². The number of hydrogen-bond acceptors (Lipinski definition) is 8. The van der Waals surface area contributed by atoms with Crippen LogP contribution in [-0.4, -0.2) is 62.4 Å². The number of para-hydroxylation sites is 1. The summed E-state index contributed by atoms with van der Waals surface area (Å²) in [6.45, 7) is 3.27. The van der Waals surface area contributed by atoms with Crippen LogP contribution < -0.4 is 21.3 Å². The number of pyridine rings is 1. The van der Waals surface area contributed by atoms with Crippen LogP contribution in [-0.2, 0) is 7.05 Å². The molecule has 220 valence electrons. The van der Waals surface area contributed by atoms with Crippen molar-refractivity contribution in [3.05, 3.63) is 101 Å². The minimum Gasteiger partial charge on any atom is -0.478 e. The minimum atomic E-state index is -0.487. The maximum absolute atomic E-state index is 13.2. The lowest BCUT2D eigenvalue weighted by atomic mass is 10.1. The maximum atomic E-state index is 13.2. The molecule has 2 aromatic carbocycles. The lowest BCUT2D eigenvalue weighted by Gasteiger charge is -2.11. The molecule has 0 saturated heterocycles. The van der Waals surface area contributed by atoms with Gasteiger partial charge in [-0.3, -0.25) is 14.3 Å². The Morgan fingerprint density at radius 2 is 1.70 bits per heavy atom. The van der Waals surface area contributed by atoms with E-state index in [9.17, 15) is 9.59 Å². The normalized spacial score (nSPS) is 11.1. The average Bonchev–Trinajstić information content (AvgIpc) is 3.23. The van der Waals surface area contributed by atoms with Crippen molar-refractivity contribution in [2.75, 3.05) is 38.3 Å². The molecule has 0 bridgehead atoms. The number of hydrogen-bond donors (Lipinski definition) is 2. The standard InChI is InChI=1S/C32H34N8O3/c1-21-28(32(42)40(39(21)4)25-9-6-5-7-10-25)31(41)36-24-14-11-22(12-15-24)29-30(33)35-20-26(37-29)23-13-16-27(34-19-23)43-18-8-17-38(2)3/h5-7,9-16,19-20H,8,17-18H2,1-4H3,(H2,33,35)(H,36,41). The number of nitrogens with two attached hydrogens (primary N) is 1. The molecule has 0 unspecified atom stereocenters. The molecule has 0 aliphatic carbocycles. The smallest absolute Gasteiger partial charge is 0.284 e. The second-order valence-corrected chi connectivity index (χ2v) is 10.3. The van der Waals surface area contributed by atoms with Gasteiger partial charge in [-0.1, -0.05) is 30.3 Å². The van der Waals surface area contributed by atoms with Crippen LogP contribution in [0.1, 0.15) is 22.5 Å². The summed E-state index contributed by atoms with van der Waals surface area (Å²) in [7, 11) is 5.80. The highest BCUT2D eigenvalue weighted by Gasteiger charge is 2.22. The highest BCUT2D eigenvalue weighted by atomic mass is 16.5. The molecule has 0 fully saturated rings. The first-order valence-corrected chi connectivity index (χ1v) is 13.8. The Kier molecular flexibility index (Phi) is 8.63. The van der Waals surface area contributed by atoms with E-state index in [-0.39, 0.29) is 11.4 Å². The summed E-state index contributed by atoms with van der Waals surface area (Å²) in [6, 6.07) is 19.9. The van der Waals surface area contributed by atoms with E-state index >= 15 is 0 Å². The van der Waals surface area contributed by atoms with Crippen molar-refractivity contribution in [2.45, 2.75) is 13.3 Å². The van der Waals surface area contributed by atoms with Gasteiger partial charge in [0.15, 0.2) is 0 Å². The number of nitrogen functional groups attached to an aromatic ring is 1. The Balaban J connectivity index is 1.30. The van der Waals surface area contributed by atoms with Crippen molar-refractivity contribution >= 4 is 17.4 Å². The summed E-state index contributed by atoms with van der Waals surface area (Å²) in [6.07, 6.45) is 4.21. The van der Waals surface area contributed by atoms with E-state index in [2.05, 4.69) is 20.2 Å². The number of rotatable bonds is 10. The van der Waals surface area contributed by atoms with E-state index in [1.807, 2.05) is 56.6 Å². The number of benzene rings is 2. The van der Waals surface area contributed by atoms with Crippen molar-refractivity contribution in [3.63, 3.8) is 0 Å². The van der Waals surface area contributed by atoms with Crippen LogP contribution in [0.25, 0.3) is 28.2 Å². The molecule has 5 aromatic rings. The van der Waals surface area contributed by atoms with Crippen LogP contribution in [0, 0.1) is 6.92 Å². The summed E-state index contributed by atoms with van der Waals surface area (Å²) in [5.41, 5.74) is 10.2. The third-order valence-corrected chi connectivity index (χ3v) is 7.03. The zero-order valence-corrected chi connectivity index (χ0v) is 24.6. The van der Waals surface area contributed by atoms with Gasteiger partial charge >= 0.3 is 0 Å². The van der Waals surface area contributed by atoms with Gasteiger partial charge in [0, 0.05) is 42.7 Å². The molecule has 3 aromatic heterocycles. The van der Waals surface area contributed by atoms with Crippen molar-refractivity contribution in [1.82, 2.24) is 29.2 Å². The minimum absolute atomic E-state index is 0.0804. The molecule has 0 atom stereocenters. The quantitative estimate of drug-likeness (QED) is 0.236. The monoisotopic (exact) mass is 578 g/mol. The number of anilines is 2. The lowest BCUT2D eigenvalue weighted by molar-refractivity contribution is 0.102. The Morgan fingerprint density at radius 1 is 0.977 bits per heavy atom. The first kappa shape index (κ1) is 29.2. The maximum Gasteiger partial charge on any atom is 0.284 e. The molecule has 5 rings (SSSR count). The van der Waals surface area contributed by atoms with E-state index in [0.29, 0.717) is 40.9 Å². The first-order valence-electron chi connectivity index (χ1n) is 13.8. The van der Waals surface area contributed by atoms with Crippen LogP contribution in [0.2, 0.25) is 0 Å². The molecule has 0 aliphatic rings. The van der Waals surface area contributed by atoms with Crippen LogP contribution >= 0.6 is 0 Å². The predicted octanol–water partition coefficient (Wildman–Crippen LogP) is 4.17. The number of amides is 1. The number of ether oxygens (including phenoxy) is 1. The molecule has 11 heteroatoms. The molecule has 43 heavy (non-hydrogen) atoms. The van der Waals surface area contributed by atoms with E-state index in [0.717, 1.165) is 24.1 Å². The summed E-state index contributed by atoms with van der Waals surface area (Å²) in [5, 5.41) is 2.84. The van der Waals surface area contributed by atoms with Crippen molar-refractivity contribution in [2.24, 2.45) is 7.05 Å². The van der Waals surface area contributed by atoms with Crippen LogP contribution in [0.15, 0.2) is 83.9 Å². The number of nitrogens with one attached hydrogen (secondary N) is 1. The fourth-order valence-electron chi connectivity index (χ4n) is 4.66. The van der Waals surface area contributed by atoms with Gasteiger partial charge in [0.1, 0.15) is 17.1 Å². The van der Waals surface area contributed by atoms with E-state index < -0.39 is 11.5 Å². The predicted molar refractivity (Wildman–Crippen MR) is 167 cm³/mol. The molecule has 3 N–H and O–H groups in total. The van der Waals surface area contributed by atoms with Gasteiger partial charge in [-0.2, -0.15) is 0 Å². The van der Waals surface area contributed by atoms with Gasteiger partial charge in [0.2, 0.25) is 5.88 Å². The Hall–Kier alpha value is -5.29. The van der Waals surface area contributed by atoms with E-state index in [1.54, 1.807) is 55.3 Å². The Morgan fingerprint density at radius 3 is 2.37 bits per heavy atom. The molecule has 0 aliphatic heterocycles. The van der Waals surface area contributed by atoms with Crippen LogP contribution in [0.5, 0.6) is 5.88 Å². The second-order valence-electron chi connectivity index (χ2n) is 10.3. The largest absolute Gasteiger partial charge is 0.478 e. The van der Waals surface area contributed by atoms with Crippen LogP contribution in [0.4, 0.5) is 11.5 Å². The molecular weight excluding hydrogens is 544 g/mol. The number of aromatic nitrogens is 5. The van der Waals surface area contributed by atoms with Gasteiger partial charge in [-0.15, -0.1) is 0 Å². The van der Waals surface area contributed by atoms with Gasteiger partial charge in [0.05, 0.1) is 29.9 Å². The van der Waals surface area contributed by atoms with Gasteiger partial charge in [-0.05, 0) is 57.8 Å². The zero-order valence-electron chi connectivity index (χ0n) is 24.6. The topological polar surface area (TPSA) is 133 Å². The molecule has 11 nitrogen and oxygen atoms in total. The van der Waals surface area contributed by atoms with Crippen molar-refractivity contribution in [3.8, 4) is 34.1 Å². The molecule has 1 amide bonds. The Bertz CT molecular complexity index is 1780. The average molecular weight is 579 g/mol. The fraction of sp³-hybridized carbons (Fsp3) is 0.219. The zero-order chi connectivity index (χ0) is 30.5. The Labute approximate surface area is 249 Å². The summed E-state index contributed by atoms with van der Waals surface area (Å²) < 4.78 is 8.87. The molecule has 3 heterocycles. The number of nitrogens with zero attached hydrogens (tertiary/aromatic N) is 6. The third kappa shape index (κ3) is 6.47. The first-order chi connectivity index (χ1) is 20.7. The molecular formula is C32H34N8O3. The highest BCUT2D eigenvalue weighted by Crippen LogP contribution is 2.27. The van der Waals surface area contributed by atoms with Crippen LogP contribution in [0.3, 0.4) is 0 Å². The molecule has 0 saturated carbocycles. The van der Waals surface area contributed by atoms with E-state index in [1.165, 1.54) is 4.68 Å². The second kappa shape index (κ2) is 12.7. The van der Waals surface area contributed by atoms with Gasteiger partial charge < -0.3 is 20.7 Å². The number of carbonyl (C=O) groups excluding carboxylic acids is 1. The van der Waals surface area contributed by atoms with E-state index in [4.69, 9.17) is 15.5 Å². The van der Waals surface area contributed by atoms with Crippen molar-refractivity contribution < 1.29 is 9.53 Å². The highest BCUT2D eigenvalue weighted by molar-refractivity contribution is 6.05. The summed E-state index contributed by atoms with van der Waals surface area (Å²) in [5.74, 6) is 0.337. The SMILES string of the molecule is Cc1c(C(=O)Nc2ccc(-c3nc(-c4ccc(OCCCN(C)C)nc4)cnc3N)cc2)c(=O)n(-c2ccccc2)n1C.